The first kappa shape index (κ1) is 28.3. The third kappa shape index (κ3) is 7.11. The number of carbonyl (C=O) groups is 3. The summed E-state index contributed by atoms with van der Waals surface area (Å²) in [5.74, 6) is -2.89. The number of anilines is 2. The standard InChI is InChI=1S/C32H29N3O4S2/c1-20-14-16-21(17-15-20)27-19-40-32(34-27)35-30(37)28(22-8-3-2-4-9-22)41-24-11-7-10-23(18-24)33-29(36)25-12-5-6-13-26(25)31(38)39/h2-11,14-19,25-26,28H,12-13H2,1H3,(H,33,36)(H,38,39)(H,34,35,37). The van der Waals surface area contributed by atoms with Crippen LogP contribution in [0.1, 0.15) is 29.2 Å². The van der Waals surface area contributed by atoms with E-state index in [4.69, 9.17) is 0 Å². The molecule has 2 amide bonds. The summed E-state index contributed by atoms with van der Waals surface area (Å²) in [6.07, 6.45) is 4.38. The minimum Gasteiger partial charge on any atom is -0.481 e. The highest BCUT2D eigenvalue weighted by atomic mass is 32.2. The zero-order chi connectivity index (χ0) is 28.8. The number of allylic oxidation sites excluding steroid dienone is 2. The molecule has 1 heterocycles. The molecule has 0 radical (unpaired) electrons. The highest BCUT2D eigenvalue weighted by molar-refractivity contribution is 8.00. The Morgan fingerprint density at radius 1 is 0.927 bits per heavy atom. The normalized spacial score (nSPS) is 17.0. The van der Waals surface area contributed by atoms with Gasteiger partial charge in [-0.1, -0.05) is 78.4 Å². The number of carbonyl (C=O) groups excluding carboxylic acids is 2. The Hall–Kier alpha value is -4.21. The molecule has 0 aliphatic heterocycles. The molecule has 4 aromatic rings. The van der Waals surface area contributed by atoms with Gasteiger partial charge in [-0.15, -0.1) is 23.1 Å². The van der Waals surface area contributed by atoms with Crippen molar-refractivity contribution in [3.63, 3.8) is 0 Å². The molecule has 9 heteroatoms. The summed E-state index contributed by atoms with van der Waals surface area (Å²) in [5.41, 5.74) is 4.33. The predicted molar refractivity (Wildman–Crippen MR) is 164 cm³/mol. The van der Waals surface area contributed by atoms with Crippen LogP contribution in [-0.2, 0) is 14.4 Å². The van der Waals surface area contributed by atoms with E-state index < -0.39 is 23.1 Å². The van der Waals surface area contributed by atoms with Crippen molar-refractivity contribution < 1.29 is 19.5 Å². The number of hydrogen-bond donors (Lipinski definition) is 3. The maximum absolute atomic E-state index is 13.6. The lowest BCUT2D eigenvalue weighted by Crippen LogP contribution is -2.34. The van der Waals surface area contributed by atoms with Crippen LogP contribution < -0.4 is 10.6 Å². The molecule has 1 aromatic heterocycles. The zero-order valence-electron chi connectivity index (χ0n) is 22.3. The van der Waals surface area contributed by atoms with Crippen LogP contribution >= 0.6 is 23.1 Å². The summed E-state index contributed by atoms with van der Waals surface area (Å²) in [7, 11) is 0. The van der Waals surface area contributed by atoms with Gasteiger partial charge in [-0.3, -0.25) is 14.4 Å². The van der Waals surface area contributed by atoms with Crippen molar-refractivity contribution in [2.45, 2.75) is 29.9 Å². The first-order chi connectivity index (χ1) is 19.9. The average Bonchev–Trinajstić information content (AvgIpc) is 3.45. The van der Waals surface area contributed by atoms with Gasteiger partial charge >= 0.3 is 5.97 Å². The summed E-state index contributed by atoms with van der Waals surface area (Å²) in [6, 6.07) is 24.8. The second-order valence-corrected chi connectivity index (χ2v) is 11.8. The van der Waals surface area contributed by atoms with E-state index in [1.54, 1.807) is 12.1 Å². The molecule has 3 aromatic carbocycles. The van der Waals surface area contributed by atoms with Crippen LogP contribution in [0.5, 0.6) is 0 Å². The molecule has 3 N–H and O–H groups in total. The Bertz CT molecular complexity index is 1570. The fourth-order valence-electron chi connectivity index (χ4n) is 4.65. The van der Waals surface area contributed by atoms with Crippen molar-refractivity contribution in [2.75, 3.05) is 10.6 Å². The number of hydrogen-bond acceptors (Lipinski definition) is 6. The van der Waals surface area contributed by atoms with Crippen molar-refractivity contribution >= 4 is 51.7 Å². The van der Waals surface area contributed by atoms with Gasteiger partial charge in [0.25, 0.3) is 0 Å². The molecular formula is C32H29N3O4S2. The molecule has 5 rings (SSSR count). The number of carboxylic acids is 1. The van der Waals surface area contributed by atoms with E-state index in [1.807, 2.05) is 91.2 Å². The number of benzene rings is 3. The van der Waals surface area contributed by atoms with Gasteiger partial charge in [-0.2, -0.15) is 0 Å². The lowest BCUT2D eigenvalue weighted by atomic mass is 9.82. The molecule has 0 spiro atoms. The summed E-state index contributed by atoms with van der Waals surface area (Å²) in [5, 5.41) is 17.3. The summed E-state index contributed by atoms with van der Waals surface area (Å²) >= 11 is 2.74. The first-order valence-corrected chi connectivity index (χ1v) is 15.0. The number of nitrogens with one attached hydrogen (secondary N) is 2. The summed E-state index contributed by atoms with van der Waals surface area (Å²) in [6.45, 7) is 2.03. The van der Waals surface area contributed by atoms with E-state index in [0.717, 1.165) is 21.7 Å². The molecule has 1 aliphatic carbocycles. The molecule has 3 unspecified atom stereocenters. The molecule has 41 heavy (non-hydrogen) atoms. The van der Waals surface area contributed by atoms with Gasteiger partial charge in [0.05, 0.1) is 17.5 Å². The van der Waals surface area contributed by atoms with Crippen molar-refractivity contribution in [2.24, 2.45) is 11.8 Å². The topological polar surface area (TPSA) is 108 Å². The number of aryl methyl sites for hydroxylation is 1. The second-order valence-electron chi connectivity index (χ2n) is 9.81. The Morgan fingerprint density at radius 2 is 1.66 bits per heavy atom. The van der Waals surface area contributed by atoms with Crippen LogP contribution in [0, 0.1) is 18.8 Å². The quantitative estimate of drug-likeness (QED) is 0.142. The van der Waals surface area contributed by atoms with Gasteiger partial charge < -0.3 is 15.7 Å². The largest absolute Gasteiger partial charge is 0.481 e. The third-order valence-corrected chi connectivity index (χ3v) is 8.87. The van der Waals surface area contributed by atoms with Crippen molar-refractivity contribution in [3.05, 3.63) is 108 Å². The fourth-order valence-corrected chi connectivity index (χ4v) is 6.46. The van der Waals surface area contributed by atoms with Crippen LogP contribution in [0.3, 0.4) is 0 Å². The van der Waals surface area contributed by atoms with E-state index in [-0.39, 0.29) is 11.8 Å². The number of aliphatic carboxylic acids is 1. The van der Waals surface area contributed by atoms with Crippen LogP contribution in [0.2, 0.25) is 0 Å². The van der Waals surface area contributed by atoms with E-state index in [1.165, 1.54) is 28.7 Å². The monoisotopic (exact) mass is 583 g/mol. The molecule has 208 valence electrons. The van der Waals surface area contributed by atoms with Crippen LogP contribution in [0.15, 0.2) is 101 Å². The maximum atomic E-state index is 13.6. The predicted octanol–water partition coefficient (Wildman–Crippen LogP) is 7.20. The molecule has 0 bridgehead atoms. The summed E-state index contributed by atoms with van der Waals surface area (Å²) < 4.78 is 0. The van der Waals surface area contributed by atoms with Gasteiger partial charge in [0.15, 0.2) is 5.13 Å². The first-order valence-electron chi connectivity index (χ1n) is 13.2. The van der Waals surface area contributed by atoms with Gasteiger partial charge in [0.2, 0.25) is 11.8 Å². The van der Waals surface area contributed by atoms with E-state index in [9.17, 15) is 19.5 Å². The second kappa shape index (κ2) is 13.0. The van der Waals surface area contributed by atoms with Gasteiger partial charge in [-0.05, 0) is 43.5 Å². The number of carboxylic acid groups (broad SMARTS) is 1. The average molecular weight is 584 g/mol. The molecule has 0 saturated carbocycles. The van der Waals surface area contributed by atoms with Gasteiger partial charge in [-0.25, -0.2) is 4.98 Å². The van der Waals surface area contributed by atoms with Gasteiger partial charge in [0.1, 0.15) is 5.25 Å². The molecule has 0 fully saturated rings. The highest BCUT2D eigenvalue weighted by Crippen LogP contribution is 2.38. The van der Waals surface area contributed by atoms with Crippen molar-refractivity contribution in [3.8, 4) is 11.3 Å². The van der Waals surface area contributed by atoms with E-state index in [0.29, 0.717) is 23.7 Å². The third-order valence-electron chi connectivity index (χ3n) is 6.86. The van der Waals surface area contributed by atoms with Crippen LogP contribution in [-0.4, -0.2) is 27.9 Å². The highest BCUT2D eigenvalue weighted by Gasteiger charge is 2.34. The minimum absolute atomic E-state index is 0.210. The smallest absolute Gasteiger partial charge is 0.307 e. The Kier molecular flexibility index (Phi) is 8.96. The fraction of sp³-hybridized carbons (Fsp3) is 0.188. The van der Waals surface area contributed by atoms with Crippen LogP contribution in [0.25, 0.3) is 11.3 Å². The Morgan fingerprint density at radius 3 is 2.39 bits per heavy atom. The minimum atomic E-state index is -0.971. The molecular weight excluding hydrogens is 555 g/mol. The number of rotatable bonds is 9. The Balaban J connectivity index is 1.32. The molecule has 7 nitrogen and oxygen atoms in total. The lowest BCUT2D eigenvalue weighted by Gasteiger charge is -2.24. The number of aromatic nitrogens is 1. The molecule has 3 atom stereocenters. The van der Waals surface area contributed by atoms with Crippen LogP contribution in [0.4, 0.5) is 10.8 Å². The molecule has 0 saturated heterocycles. The number of thioether (sulfide) groups is 1. The Labute approximate surface area is 246 Å². The maximum Gasteiger partial charge on any atom is 0.307 e. The lowest BCUT2D eigenvalue weighted by molar-refractivity contribution is -0.146. The zero-order valence-corrected chi connectivity index (χ0v) is 24.0. The van der Waals surface area contributed by atoms with Gasteiger partial charge in [0, 0.05) is 21.5 Å². The van der Waals surface area contributed by atoms with Crippen molar-refractivity contribution in [1.29, 1.82) is 0 Å². The van der Waals surface area contributed by atoms with Crippen molar-refractivity contribution in [1.82, 2.24) is 4.98 Å². The SMILES string of the molecule is Cc1ccc(-c2csc(NC(=O)C(Sc3cccc(NC(=O)C4CC=CCC4C(=O)O)c3)c3ccccc3)n2)cc1. The number of thiazole rings is 1. The molecule has 1 aliphatic rings. The number of amides is 2. The summed E-state index contributed by atoms with van der Waals surface area (Å²) in [4.78, 5) is 43.6. The number of nitrogens with zero attached hydrogens (tertiary/aromatic N) is 1. The van der Waals surface area contributed by atoms with E-state index in [2.05, 4.69) is 15.6 Å². The van der Waals surface area contributed by atoms with E-state index >= 15 is 0 Å².